The predicted molar refractivity (Wildman–Crippen MR) is 76.4 cm³/mol. The van der Waals surface area contributed by atoms with E-state index in [-0.39, 0.29) is 12.0 Å². The van der Waals surface area contributed by atoms with Crippen molar-refractivity contribution in [2.24, 2.45) is 5.92 Å². The summed E-state index contributed by atoms with van der Waals surface area (Å²) in [6.07, 6.45) is 0.389. The summed E-state index contributed by atoms with van der Waals surface area (Å²) in [5.74, 6) is -1.00. The Morgan fingerprint density at radius 2 is 2.15 bits per heavy atom. The van der Waals surface area contributed by atoms with Crippen molar-refractivity contribution >= 4 is 34.7 Å². The monoisotopic (exact) mass is 294 g/mol. The van der Waals surface area contributed by atoms with E-state index in [9.17, 15) is 14.7 Å². The van der Waals surface area contributed by atoms with E-state index in [0.717, 1.165) is 5.69 Å². The molecule has 1 aromatic rings. The standard InChI is InChI=1S/C14H15ClN2O3/c1-7-6-17(3-2-12(7)18)11-5-10-8(4-9(11)15)13(19)14(20)16-10/h4-5,7,12,18H,2-3,6H2,1H3,(H,16,19,20). The molecule has 0 aliphatic carbocycles. The molecule has 0 radical (unpaired) electrons. The van der Waals surface area contributed by atoms with Crippen LogP contribution in [0, 0.1) is 5.92 Å². The molecule has 0 spiro atoms. The Labute approximate surface area is 121 Å². The number of Topliss-reactive ketones (excluding diaryl/α,β-unsaturated/α-hetero) is 1. The zero-order valence-corrected chi connectivity index (χ0v) is 11.8. The van der Waals surface area contributed by atoms with Gasteiger partial charge in [-0.2, -0.15) is 0 Å². The van der Waals surface area contributed by atoms with Gasteiger partial charge in [0.15, 0.2) is 0 Å². The molecule has 2 aliphatic rings. The SMILES string of the molecule is CC1CN(c2cc3c(cc2Cl)C(=O)C(=O)N3)CCC1O. The fourth-order valence-electron chi connectivity index (χ4n) is 2.75. The summed E-state index contributed by atoms with van der Waals surface area (Å²) < 4.78 is 0. The van der Waals surface area contributed by atoms with E-state index < -0.39 is 11.7 Å². The van der Waals surface area contributed by atoms with Crippen molar-refractivity contribution in [2.45, 2.75) is 19.4 Å². The number of carbonyl (C=O) groups is 2. The molecule has 3 rings (SSSR count). The number of amides is 1. The molecule has 106 valence electrons. The number of rotatable bonds is 1. The van der Waals surface area contributed by atoms with Gasteiger partial charge in [0, 0.05) is 13.1 Å². The number of aliphatic hydroxyl groups excluding tert-OH is 1. The first-order valence-corrected chi connectivity index (χ1v) is 6.97. The Hall–Kier alpha value is -1.59. The van der Waals surface area contributed by atoms with Crippen LogP contribution in [0.1, 0.15) is 23.7 Å². The number of aliphatic hydroxyl groups is 1. The van der Waals surface area contributed by atoms with Crippen LogP contribution in [0.15, 0.2) is 12.1 Å². The quantitative estimate of drug-likeness (QED) is 0.773. The molecule has 1 aromatic carbocycles. The van der Waals surface area contributed by atoms with Crippen molar-refractivity contribution in [3.05, 3.63) is 22.7 Å². The lowest BCUT2D eigenvalue weighted by atomic mass is 9.96. The van der Waals surface area contributed by atoms with Crippen LogP contribution in [0.3, 0.4) is 0 Å². The van der Waals surface area contributed by atoms with E-state index in [0.29, 0.717) is 35.8 Å². The molecular weight excluding hydrogens is 280 g/mol. The largest absolute Gasteiger partial charge is 0.393 e. The van der Waals surface area contributed by atoms with E-state index in [1.54, 1.807) is 12.1 Å². The summed E-state index contributed by atoms with van der Waals surface area (Å²) in [7, 11) is 0. The smallest absolute Gasteiger partial charge is 0.296 e. The normalized spacial score (nSPS) is 25.6. The minimum absolute atomic E-state index is 0.157. The number of hydrogen-bond acceptors (Lipinski definition) is 4. The summed E-state index contributed by atoms with van der Waals surface area (Å²) in [5, 5.41) is 12.8. The molecule has 1 amide bonds. The number of carbonyl (C=O) groups excluding carboxylic acids is 2. The molecule has 2 unspecified atom stereocenters. The lowest BCUT2D eigenvalue weighted by Gasteiger charge is -2.36. The van der Waals surface area contributed by atoms with E-state index in [2.05, 4.69) is 10.2 Å². The molecule has 20 heavy (non-hydrogen) atoms. The first-order valence-electron chi connectivity index (χ1n) is 6.59. The van der Waals surface area contributed by atoms with Gasteiger partial charge in [0.25, 0.3) is 11.7 Å². The minimum Gasteiger partial charge on any atom is -0.393 e. The number of benzene rings is 1. The molecule has 0 saturated carbocycles. The molecule has 0 bridgehead atoms. The molecule has 2 aliphatic heterocycles. The highest BCUT2D eigenvalue weighted by atomic mass is 35.5. The fraction of sp³-hybridized carbons (Fsp3) is 0.429. The summed E-state index contributed by atoms with van der Waals surface area (Å²) in [4.78, 5) is 25.1. The molecule has 2 heterocycles. The number of piperidine rings is 1. The maximum atomic E-state index is 11.6. The summed E-state index contributed by atoms with van der Waals surface area (Å²) in [6.45, 7) is 3.39. The second-order valence-electron chi connectivity index (χ2n) is 5.41. The number of fused-ring (bicyclic) bond motifs is 1. The van der Waals surface area contributed by atoms with Crippen LogP contribution in [-0.4, -0.2) is 36.0 Å². The lowest BCUT2D eigenvalue weighted by Crippen LogP contribution is -2.42. The fourth-order valence-corrected chi connectivity index (χ4v) is 3.03. The molecule has 6 heteroatoms. The number of hydrogen-bond donors (Lipinski definition) is 2. The van der Waals surface area contributed by atoms with Crippen molar-refractivity contribution in [3.63, 3.8) is 0 Å². The number of nitrogens with zero attached hydrogens (tertiary/aromatic N) is 1. The second kappa shape index (κ2) is 4.75. The highest BCUT2D eigenvalue weighted by molar-refractivity contribution is 6.52. The Bertz CT molecular complexity index is 602. The van der Waals surface area contributed by atoms with Gasteiger partial charge in [-0.1, -0.05) is 18.5 Å². The van der Waals surface area contributed by atoms with E-state index >= 15 is 0 Å². The van der Waals surface area contributed by atoms with Crippen LogP contribution >= 0.6 is 11.6 Å². The van der Waals surface area contributed by atoms with E-state index in [1.165, 1.54) is 0 Å². The van der Waals surface area contributed by atoms with Gasteiger partial charge in [0.05, 0.1) is 28.1 Å². The van der Waals surface area contributed by atoms with Crippen molar-refractivity contribution in [1.82, 2.24) is 0 Å². The molecule has 1 saturated heterocycles. The van der Waals surface area contributed by atoms with Crippen molar-refractivity contribution in [2.75, 3.05) is 23.3 Å². The number of halogens is 1. The number of ketones is 1. The maximum absolute atomic E-state index is 11.6. The van der Waals surface area contributed by atoms with Crippen LogP contribution in [0.25, 0.3) is 0 Å². The lowest BCUT2D eigenvalue weighted by molar-refractivity contribution is -0.112. The highest BCUT2D eigenvalue weighted by Crippen LogP contribution is 2.36. The third kappa shape index (κ3) is 2.07. The van der Waals surface area contributed by atoms with Crippen molar-refractivity contribution in [1.29, 1.82) is 0 Å². The van der Waals surface area contributed by atoms with Crippen molar-refractivity contribution in [3.8, 4) is 0 Å². The molecule has 2 atom stereocenters. The molecule has 2 N–H and O–H groups in total. The predicted octanol–water partition coefficient (Wildman–Crippen LogP) is 1.68. The molecule has 1 fully saturated rings. The average molecular weight is 295 g/mol. The van der Waals surface area contributed by atoms with E-state index in [4.69, 9.17) is 11.6 Å². The van der Waals surface area contributed by atoms with Gasteiger partial charge in [-0.05, 0) is 24.5 Å². The molecule has 0 aromatic heterocycles. The van der Waals surface area contributed by atoms with Gasteiger partial charge in [0.2, 0.25) is 0 Å². The summed E-state index contributed by atoms with van der Waals surface area (Å²) >= 11 is 6.24. The van der Waals surface area contributed by atoms with Gasteiger partial charge in [-0.25, -0.2) is 0 Å². The Kier molecular flexibility index (Phi) is 3.18. The Balaban J connectivity index is 1.94. The Morgan fingerprint density at radius 1 is 1.40 bits per heavy atom. The highest BCUT2D eigenvalue weighted by Gasteiger charge is 2.31. The third-order valence-electron chi connectivity index (χ3n) is 3.99. The van der Waals surface area contributed by atoms with Crippen molar-refractivity contribution < 1.29 is 14.7 Å². The maximum Gasteiger partial charge on any atom is 0.296 e. The average Bonchev–Trinajstić information content (AvgIpc) is 2.68. The molecule has 5 nitrogen and oxygen atoms in total. The first kappa shape index (κ1) is 13.4. The number of anilines is 2. The second-order valence-corrected chi connectivity index (χ2v) is 5.82. The van der Waals surface area contributed by atoms with Gasteiger partial charge in [-0.3, -0.25) is 9.59 Å². The zero-order valence-electron chi connectivity index (χ0n) is 11.0. The van der Waals surface area contributed by atoms with Crippen LogP contribution < -0.4 is 10.2 Å². The van der Waals surface area contributed by atoms with Crippen LogP contribution in [0.2, 0.25) is 5.02 Å². The van der Waals surface area contributed by atoms with Crippen LogP contribution in [-0.2, 0) is 4.79 Å². The summed E-state index contributed by atoms with van der Waals surface area (Å²) in [6, 6.07) is 3.28. The molecular formula is C14H15ClN2O3. The van der Waals surface area contributed by atoms with Gasteiger partial charge in [-0.15, -0.1) is 0 Å². The van der Waals surface area contributed by atoms with Gasteiger partial charge in [0.1, 0.15) is 0 Å². The third-order valence-corrected chi connectivity index (χ3v) is 4.29. The zero-order chi connectivity index (χ0) is 14.4. The Morgan fingerprint density at radius 3 is 2.85 bits per heavy atom. The first-order chi connectivity index (χ1) is 9.47. The van der Waals surface area contributed by atoms with Gasteiger partial charge >= 0.3 is 0 Å². The summed E-state index contributed by atoms with van der Waals surface area (Å²) in [5.41, 5.74) is 1.63. The minimum atomic E-state index is -0.615. The van der Waals surface area contributed by atoms with Gasteiger partial charge < -0.3 is 15.3 Å². The van der Waals surface area contributed by atoms with Crippen LogP contribution in [0.5, 0.6) is 0 Å². The number of nitrogens with one attached hydrogen (secondary N) is 1. The topological polar surface area (TPSA) is 69.6 Å². The van der Waals surface area contributed by atoms with Crippen LogP contribution in [0.4, 0.5) is 11.4 Å². The van der Waals surface area contributed by atoms with E-state index in [1.807, 2.05) is 6.92 Å².